The highest BCUT2D eigenvalue weighted by molar-refractivity contribution is 5.94. The largest absolute Gasteiger partial charge is 0.465 e. The Bertz CT molecular complexity index is 985. The summed E-state index contributed by atoms with van der Waals surface area (Å²) < 4.78 is 13.1. The van der Waals surface area contributed by atoms with Crippen LogP contribution in [0.1, 0.15) is 33.3 Å². The summed E-state index contributed by atoms with van der Waals surface area (Å²) in [5.74, 6) is 1.78. The molecule has 28 heavy (non-hydrogen) atoms. The Morgan fingerprint density at radius 3 is 2.68 bits per heavy atom. The molecule has 0 saturated carbocycles. The molecule has 1 saturated heterocycles. The number of imidazole rings is 1. The van der Waals surface area contributed by atoms with Crippen molar-refractivity contribution in [3.8, 4) is 0 Å². The zero-order valence-corrected chi connectivity index (χ0v) is 16.6. The molecule has 0 aliphatic carbocycles. The van der Waals surface area contributed by atoms with Gasteiger partial charge in [-0.15, -0.1) is 0 Å². The van der Waals surface area contributed by atoms with Gasteiger partial charge in [0.2, 0.25) is 0 Å². The van der Waals surface area contributed by atoms with Gasteiger partial charge in [0.25, 0.3) is 5.91 Å². The van der Waals surface area contributed by atoms with Crippen LogP contribution in [0.15, 0.2) is 34.9 Å². The van der Waals surface area contributed by atoms with Gasteiger partial charge in [-0.05, 0) is 44.7 Å². The fourth-order valence-electron chi connectivity index (χ4n) is 3.64. The maximum Gasteiger partial charge on any atom is 0.274 e. The zero-order chi connectivity index (χ0) is 19.7. The van der Waals surface area contributed by atoms with Crippen LogP contribution in [0, 0.1) is 13.8 Å². The standard InChI is InChI=1S/C21H26N4O3/c1-15-5-4-8-25-18(14-23(3)13-17-7-6-16(2)28-17)19(22-20(15)25)21(26)24-9-11-27-12-10-24/h4-8H,9-14H2,1-3H3. The first-order valence-electron chi connectivity index (χ1n) is 9.60. The second-order valence-corrected chi connectivity index (χ2v) is 7.38. The van der Waals surface area contributed by atoms with Crippen molar-refractivity contribution < 1.29 is 13.9 Å². The first-order chi connectivity index (χ1) is 13.5. The van der Waals surface area contributed by atoms with Crippen LogP contribution >= 0.6 is 0 Å². The van der Waals surface area contributed by atoms with Crippen LogP contribution in [0.4, 0.5) is 0 Å². The molecule has 1 aliphatic heterocycles. The van der Waals surface area contributed by atoms with Gasteiger partial charge < -0.3 is 18.5 Å². The first kappa shape index (κ1) is 18.7. The van der Waals surface area contributed by atoms with Crippen LogP contribution in [0.25, 0.3) is 5.65 Å². The smallest absolute Gasteiger partial charge is 0.274 e. The number of carbonyl (C=O) groups is 1. The number of ether oxygens (including phenoxy) is 1. The second-order valence-electron chi connectivity index (χ2n) is 7.38. The molecule has 0 spiro atoms. The van der Waals surface area contributed by atoms with Crippen LogP contribution in [0.3, 0.4) is 0 Å². The van der Waals surface area contributed by atoms with Crippen molar-refractivity contribution in [3.63, 3.8) is 0 Å². The van der Waals surface area contributed by atoms with Crippen LogP contribution < -0.4 is 0 Å². The van der Waals surface area contributed by atoms with E-state index in [1.807, 2.05) is 60.7 Å². The molecule has 0 aromatic carbocycles. The molecule has 4 heterocycles. The van der Waals surface area contributed by atoms with Crippen molar-refractivity contribution in [3.05, 3.63) is 58.9 Å². The number of furan rings is 1. The molecule has 148 valence electrons. The minimum absolute atomic E-state index is 0.0244. The Morgan fingerprint density at radius 2 is 1.96 bits per heavy atom. The molecule has 1 fully saturated rings. The minimum atomic E-state index is -0.0244. The molecule has 4 rings (SSSR count). The van der Waals surface area contributed by atoms with Gasteiger partial charge in [0.05, 0.1) is 25.5 Å². The number of hydrogen-bond acceptors (Lipinski definition) is 5. The highest BCUT2D eigenvalue weighted by Crippen LogP contribution is 2.20. The predicted molar refractivity (Wildman–Crippen MR) is 105 cm³/mol. The summed E-state index contributed by atoms with van der Waals surface area (Å²) in [5.41, 5.74) is 3.31. The van der Waals surface area contributed by atoms with E-state index in [0.29, 0.717) is 45.1 Å². The quantitative estimate of drug-likeness (QED) is 0.679. The number of amides is 1. The molecule has 1 aliphatic rings. The maximum atomic E-state index is 13.2. The molecule has 0 bridgehead atoms. The molecule has 7 nitrogen and oxygen atoms in total. The SMILES string of the molecule is Cc1ccc(CN(C)Cc2c(C(=O)N3CCOCC3)nc3c(C)cccn23)o1. The number of carbonyl (C=O) groups excluding carboxylic acids is 1. The average Bonchev–Trinajstić information content (AvgIpc) is 3.26. The Hall–Kier alpha value is -2.64. The number of rotatable bonds is 5. The fraction of sp³-hybridized carbons (Fsp3) is 0.429. The molecule has 0 atom stereocenters. The average molecular weight is 382 g/mol. The summed E-state index contributed by atoms with van der Waals surface area (Å²) >= 11 is 0. The van der Waals surface area contributed by atoms with Crippen molar-refractivity contribution in [1.29, 1.82) is 0 Å². The number of nitrogens with zero attached hydrogens (tertiary/aromatic N) is 4. The highest BCUT2D eigenvalue weighted by atomic mass is 16.5. The third-order valence-corrected chi connectivity index (χ3v) is 5.09. The normalized spacial score (nSPS) is 14.9. The van der Waals surface area contributed by atoms with E-state index in [4.69, 9.17) is 14.1 Å². The summed E-state index contributed by atoms with van der Waals surface area (Å²) in [5, 5.41) is 0. The molecule has 7 heteroatoms. The van der Waals surface area contributed by atoms with E-state index in [0.717, 1.165) is 28.4 Å². The van der Waals surface area contributed by atoms with E-state index in [1.165, 1.54) is 0 Å². The number of aromatic nitrogens is 2. The summed E-state index contributed by atoms with van der Waals surface area (Å²) in [6, 6.07) is 7.97. The zero-order valence-electron chi connectivity index (χ0n) is 16.6. The van der Waals surface area contributed by atoms with Gasteiger partial charge in [0.1, 0.15) is 17.2 Å². The van der Waals surface area contributed by atoms with Crippen LogP contribution in [0.2, 0.25) is 0 Å². The highest BCUT2D eigenvalue weighted by Gasteiger charge is 2.26. The molecule has 0 unspecified atom stereocenters. The van der Waals surface area contributed by atoms with Crippen molar-refractivity contribution in [1.82, 2.24) is 19.2 Å². The fourth-order valence-corrected chi connectivity index (χ4v) is 3.64. The lowest BCUT2D eigenvalue weighted by atomic mass is 10.2. The monoisotopic (exact) mass is 382 g/mol. The molecule has 0 N–H and O–H groups in total. The minimum Gasteiger partial charge on any atom is -0.465 e. The van der Waals surface area contributed by atoms with Crippen LogP contribution in [0.5, 0.6) is 0 Å². The van der Waals surface area contributed by atoms with E-state index >= 15 is 0 Å². The summed E-state index contributed by atoms with van der Waals surface area (Å²) in [6.45, 7) is 7.57. The molecular weight excluding hydrogens is 356 g/mol. The molecule has 3 aromatic rings. The van der Waals surface area contributed by atoms with E-state index in [1.54, 1.807) is 0 Å². The van der Waals surface area contributed by atoms with Gasteiger partial charge >= 0.3 is 0 Å². The number of hydrogen-bond donors (Lipinski definition) is 0. The van der Waals surface area contributed by atoms with Gasteiger partial charge in [-0.3, -0.25) is 9.69 Å². The topological polar surface area (TPSA) is 63.2 Å². The third kappa shape index (κ3) is 3.68. The van der Waals surface area contributed by atoms with E-state index < -0.39 is 0 Å². The summed E-state index contributed by atoms with van der Waals surface area (Å²) in [7, 11) is 2.02. The lowest BCUT2D eigenvalue weighted by Crippen LogP contribution is -2.41. The summed E-state index contributed by atoms with van der Waals surface area (Å²) in [4.78, 5) is 21.9. The molecular formula is C21H26N4O3. The number of morpholine rings is 1. The van der Waals surface area contributed by atoms with Gasteiger partial charge in [0.15, 0.2) is 5.69 Å². The van der Waals surface area contributed by atoms with Gasteiger partial charge in [-0.1, -0.05) is 6.07 Å². The molecule has 1 amide bonds. The molecule has 3 aromatic heterocycles. The van der Waals surface area contributed by atoms with E-state index in [2.05, 4.69) is 4.90 Å². The van der Waals surface area contributed by atoms with Crippen molar-refractivity contribution >= 4 is 11.6 Å². The molecule has 0 radical (unpaired) electrons. The van der Waals surface area contributed by atoms with Crippen molar-refractivity contribution in [2.75, 3.05) is 33.4 Å². The van der Waals surface area contributed by atoms with Crippen LogP contribution in [-0.4, -0.2) is 58.4 Å². The third-order valence-electron chi connectivity index (χ3n) is 5.09. The van der Waals surface area contributed by atoms with Crippen LogP contribution in [-0.2, 0) is 17.8 Å². The summed E-state index contributed by atoms with van der Waals surface area (Å²) in [6.07, 6.45) is 1.98. The Kier molecular flexibility index (Phi) is 5.19. The lowest BCUT2D eigenvalue weighted by Gasteiger charge is -2.26. The predicted octanol–water partition coefficient (Wildman–Crippen LogP) is 2.65. The van der Waals surface area contributed by atoms with E-state index in [-0.39, 0.29) is 5.91 Å². The van der Waals surface area contributed by atoms with Gasteiger partial charge in [-0.25, -0.2) is 4.98 Å². The van der Waals surface area contributed by atoms with Gasteiger partial charge in [-0.2, -0.15) is 0 Å². The first-order valence-corrected chi connectivity index (χ1v) is 9.60. The van der Waals surface area contributed by atoms with Crippen molar-refractivity contribution in [2.45, 2.75) is 26.9 Å². The number of fused-ring (bicyclic) bond motifs is 1. The number of pyridine rings is 1. The maximum absolute atomic E-state index is 13.2. The van der Waals surface area contributed by atoms with Gasteiger partial charge in [0, 0.05) is 25.8 Å². The Labute approximate surface area is 164 Å². The van der Waals surface area contributed by atoms with Crippen molar-refractivity contribution in [2.24, 2.45) is 0 Å². The van der Waals surface area contributed by atoms with E-state index in [9.17, 15) is 4.79 Å². The lowest BCUT2D eigenvalue weighted by molar-refractivity contribution is 0.0298. The Balaban J connectivity index is 1.66. The number of aryl methyl sites for hydroxylation is 2. The Morgan fingerprint density at radius 1 is 1.18 bits per heavy atom. The second kappa shape index (κ2) is 7.77.